The quantitative estimate of drug-likeness (QED) is 0.269. The lowest BCUT2D eigenvalue weighted by atomic mass is 9.79. The Morgan fingerprint density at radius 3 is 2.33 bits per heavy atom. The van der Waals surface area contributed by atoms with Crippen LogP contribution in [0.5, 0.6) is 0 Å². The molecule has 1 N–H and O–H groups in total. The molecule has 8 heteroatoms. The lowest BCUT2D eigenvalue weighted by molar-refractivity contribution is 0.0697. The number of sulfonamides is 1. The zero-order valence-corrected chi connectivity index (χ0v) is 24.6. The van der Waals surface area contributed by atoms with Crippen LogP contribution in [-0.2, 0) is 21.9 Å². The summed E-state index contributed by atoms with van der Waals surface area (Å²) in [6, 6.07) is 16.2. The highest BCUT2D eigenvalue weighted by Crippen LogP contribution is 2.40. The predicted octanol–water partition coefficient (Wildman–Crippen LogP) is 6.59. The molecule has 0 saturated carbocycles. The molecule has 0 aliphatic heterocycles. The van der Waals surface area contributed by atoms with Crippen LogP contribution >= 0.6 is 0 Å². The Balaban J connectivity index is 2.04. The van der Waals surface area contributed by atoms with E-state index in [4.69, 9.17) is 4.98 Å². The number of unbranched alkanes of at least 4 members (excludes halogenated alkanes) is 1. The van der Waals surface area contributed by atoms with Crippen LogP contribution in [0.2, 0.25) is 0 Å². The van der Waals surface area contributed by atoms with Crippen LogP contribution in [0.1, 0.15) is 67.8 Å². The van der Waals surface area contributed by atoms with E-state index in [1.807, 2.05) is 37.3 Å². The molecule has 7 nitrogen and oxygen atoms in total. The van der Waals surface area contributed by atoms with Crippen LogP contribution in [0, 0.1) is 6.92 Å². The molecule has 0 aliphatic rings. The molecule has 0 saturated heterocycles. The van der Waals surface area contributed by atoms with E-state index >= 15 is 0 Å². The molecule has 0 unspecified atom stereocenters. The van der Waals surface area contributed by atoms with Crippen molar-refractivity contribution in [2.24, 2.45) is 0 Å². The fraction of sp³-hybridized carbons (Fsp3) is 0.355. The van der Waals surface area contributed by atoms with Gasteiger partial charge in [0.05, 0.1) is 27.2 Å². The second-order valence-electron chi connectivity index (χ2n) is 11.1. The summed E-state index contributed by atoms with van der Waals surface area (Å²) in [7, 11) is -0.561. The molecule has 3 aromatic carbocycles. The number of aromatic nitrogens is 2. The van der Waals surface area contributed by atoms with Crippen molar-refractivity contribution in [2.45, 2.75) is 64.2 Å². The molecule has 0 aliphatic carbocycles. The van der Waals surface area contributed by atoms with E-state index in [2.05, 4.69) is 32.3 Å². The number of nitrogens with zero attached hydrogens (tertiary/aromatic N) is 3. The summed E-state index contributed by atoms with van der Waals surface area (Å²) in [4.78, 5) is 17.2. The standard InChI is InChI=1S/C31H37N3O4S/c1-8-9-14-28-32-25-19-21(39(37,38)33(6)7)15-17-26(25)34(28)27-18-16-22(20(2)29(27)31(3,4)5)23-12-10-11-13-24(23)30(35)36/h10-13,15-19H,8-9,14H2,1-7H3,(H,35,36). The summed E-state index contributed by atoms with van der Waals surface area (Å²) < 4.78 is 29.0. The normalized spacial score (nSPS) is 12.4. The molecule has 0 bridgehead atoms. The van der Waals surface area contributed by atoms with Crippen molar-refractivity contribution in [2.75, 3.05) is 14.1 Å². The lowest BCUT2D eigenvalue weighted by Crippen LogP contribution is -2.22. The summed E-state index contributed by atoms with van der Waals surface area (Å²) in [5.74, 6) is -0.0906. The molecule has 4 rings (SSSR count). The average Bonchev–Trinajstić information content (AvgIpc) is 3.23. The lowest BCUT2D eigenvalue weighted by Gasteiger charge is -2.28. The Morgan fingerprint density at radius 2 is 1.72 bits per heavy atom. The number of rotatable bonds is 8. The summed E-state index contributed by atoms with van der Waals surface area (Å²) in [6.07, 6.45) is 2.69. The van der Waals surface area contributed by atoms with Gasteiger partial charge in [0.15, 0.2) is 0 Å². The Kier molecular flexibility index (Phi) is 7.74. The van der Waals surface area contributed by atoms with Gasteiger partial charge < -0.3 is 5.11 Å². The van der Waals surface area contributed by atoms with Crippen LogP contribution < -0.4 is 0 Å². The minimum absolute atomic E-state index is 0.208. The number of hydrogen-bond acceptors (Lipinski definition) is 4. The van der Waals surface area contributed by atoms with Crippen LogP contribution in [0.4, 0.5) is 0 Å². The third kappa shape index (κ3) is 5.23. The van der Waals surface area contributed by atoms with Gasteiger partial charge in [-0.05, 0) is 71.3 Å². The second-order valence-corrected chi connectivity index (χ2v) is 13.3. The Hall–Kier alpha value is -3.49. The molecule has 0 spiro atoms. The van der Waals surface area contributed by atoms with Crippen molar-refractivity contribution >= 4 is 27.0 Å². The van der Waals surface area contributed by atoms with Crippen LogP contribution in [-0.4, -0.2) is 47.4 Å². The number of hydrogen-bond donors (Lipinski definition) is 1. The number of aromatic carboxylic acids is 1. The fourth-order valence-electron chi connectivity index (χ4n) is 5.28. The van der Waals surface area contributed by atoms with E-state index in [9.17, 15) is 18.3 Å². The number of carboxylic acids is 1. The highest BCUT2D eigenvalue weighted by Gasteiger charge is 2.27. The third-order valence-corrected chi connectivity index (χ3v) is 8.92. The van der Waals surface area contributed by atoms with Crippen molar-refractivity contribution in [3.05, 3.63) is 77.1 Å². The maximum absolute atomic E-state index is 12.8. The molecule has 1 aromatic heterocycles. The zero-order chi connectivity index (χ0) is 28.7. The van der Waals surface area contributed by atoms with E-state index in [1.165, 1.54) is 18.4 Å². The van der Waals surface area contributed by atoms with Gasteiger partial charge in [-0.15, -0.1) is 0 Å². The van der Waals surface area contributed by atoms with Gasteiger partial charge in [-0.3, -0.25) is 4.57 Å². The molecule has 0 amide bonds. The average molecular weight is 548 g/mol. The summed E-state index contributed by atoms with van der Waals surface area (Å²) in [5.41, 5.74) is 6.06. The number of imidazole rings is 1. The highest BCUT2D eigenvalue weighted by molar-refractivity contribution is 7.89. The van der Waals surface area contributed by atoms with E-state index in [0.717, 1.165) is 53.0 Å². The Morgan fingerprint density at radius 1 is 1.03 bits per heavy atom. The molecule has 206 valence electrons. The minimum atomic E-state index is -3.60. The van der Waals surface area contributed by atoms with Crippen molar-refractivity contribution in [3.63, 3.8) is 0 Å². The summed E-state index contributed by atoms with van der Waals surface area (Å²) in [5, 5.41) is 9.84. The van der Waals surface area contributed by atoms with Crippen LogP contribution in [0.3, 0.4) is 0 Å². The van der Waals surface area contributed by atoms with Crippen molar-refractivity contribution in [1.82, 2.24) is 13.9 Å². The molecule has 39 heavy (non-hydrogen) atoms. The van der Waals surface area contributed by atoms with Crippen molar-refractivity contribution in [3.8, 4) is 16.8 Å². The first-order valence-electron chi connectivity index (χ1n) is 13.2. The monoisotopic (exact) mass is 547 g/mol. The Labute approximate surface area is 231 Å². The number of fused-ring (bicyclic) bond motifs is 1. The minimum Gasteiger partial charge on any atom is -0.478 e. The van der Waals surface area contributed by atoms with E-state index in [1.54, 1.807) is 24.3 Å². The maximum Gasteiger partial charge on any atom is 0.336 e. The van der Waals surface area contributed by atoms with Crippen LogP contribution in [0.15, 0.2) is 59.5 Å². The van der Waals surface area contributed by atoms with Crippen molar-refractivity contribution in [1.29, 1.82) is 0 Å². The van der Waals surface area contributed by atoms with Gasteiger partial charge >= 0.3 is 5.97 Å². The highest BCUT2D eigenvalue weighted by atomic mass is 32.2. The van der Waals surface area contributed by atoms with Gasteiger partial charge in [0.1, 0.15) is 5.82 Å². The number of carbonyl (C=O) groups is 1. The van der Waals surface area contributed by atoms with E-state index < -0.39 is 16.0 Å². The van der Waals surface area contributed by atoms with Gasteiger partial charge in [-0.1, -0.05) is 58.4 Å². The molecule has 4 aromatic rings. The SMILES string of the molecule is CCCCc1nc2cc(S(=O)(=O)N(C)C)ccc2n1-c1ccc(-c2ccccc2C(=O)O)c(C)c1C(C)(C)C. The zero-order valence-electron chi connectivity index (χ0n) is 23.7. The van der Waals surface area contributed by atoms with Gasteiger partial charge in [0.2, 0.25) is 10.0 Å². The van der Waals surface area contributed by atoms with E-state index in [-0.39, 0.29) is 15.9 Å². The van der Waals surface area contributed by atoms with Gasteiger partial charge in [-0.25, -0.2) is 22.5 Å². The van der Waals surface area contributed by atoms with Crippen molar-refractivity contribution < 1.29 is 18.3 Å². The molecule has 0 radical (unpaired) electrons. The second kappa shape index (κ2) is 10.6. The van der Waals surface area contributed by atoms with Crippen LogP contribution in [0.25, 0.3) is 27.8 Å². The maximum atomic E-state index is 12.8. The Bertz CT molecular complexity index is 1660. The first-order chi connectivity index (χ1) is 18.3. The predicted molar refractivity (Wildman–Crippen MR) is 156 cm³/mol. The largest absolute Gasteiger partial charge is 0.478 e. The molecular weight excluding hydrogens is 510 g/mol. The summed E-state index contributed by atoms with van der Waals surface area (Å²) in [6.45, 7) is 10.6. The topological polar surface area (TPSA) is 92.5 Å². The summed E-state index contributed by atoms with van der Waals surface area (Å²) >= 11 is 0. The van der Waals surface area contributed by atoms with E-state index in [0.29, 0.717) is 11.1 Å². The number of benzene rings is 3. The molecule has 0 fully saturated rings. The molecular formula is C31H37N3O4S. The van der Waals surface area contributed by atoms with Gasteiger partial charge in [-0.2, -0.15) is 0 Å². The third-order valence-electron chi connectivity index (χ3n) is 7.11. The molecule has 1 heterocycles. The van der Waals surface area contributed by atoms with Gasteiger partial charge in [0, 0.05) is 20.5 Å². The first kappa shape index (κ1) is 28.5. The fourth-order valence-corrected chi connectivity index (χ4v) is 6.20. The smallest absolute Gasteiger partial charge is 0.336 e. The molecule has 0 atom stereocenters. The number of aryl methyl sites for hydroxylation is 1. The first-order valence-corrected chi connectivity index (χ1v) is 14.6. The van der Waals surface area contributed by atoms with Gasteiger partial charge in [0.25, 0.3) is 0 Å². The number of carboxylic acid groups (broad SMARTS) is 1.